The van der Waals surface area contributed by atoms with Gasteiger partial charge in [0.1, 0.15) is 18.1 Å². The molecule has 0 radical (unpaired) electrons. The molecular weight excluding hydrogens is 556 g/mol. The number of aromatic nitrogens is 2. The van der Waals surface area contributed by atoms with Crippen LogP contribution in [-0.2, 0) is 32.0 Å². The van der Waals surface area contributed by atoms with Crippen molar-refractivity contribution >= 4 is 57.3 Å². The van der Waals surface area contributed by atoms with Crippen LogP contribution in [-0.4, -0.2) is 74.9 Å². The Morgan fingerprint density at radius 2 is 1.26 bits per heavy atom. The molecule has 0 aliphatic rings. The SMILES string of the molecule is CSCCC(NC(=O)C(Cc1c[nH]c2ccccc12)NC(=O)C(C)N)C(=O)NC(Cc1c[nH]c2ccccc12)C(=O)O. The average Bonchev–Trinajstić information content (AvgIpc) is 3.58. The topological polar surface area (TPSA) is 182 Å². The first-order valence-electron chi connectivity index (χ1n) is 13.7. The summed E-state index contributed by atoms with van der Waals surface area (Å²) in [5, 5.41) is 19.8. The van der Waals surface area contributed by atoms with Crippen molar-refractivity contribution in [2.24, 2.45) is 5.73 Å². The first-order valence-corrected chi connectivity index (χ1v) is 15.1. The number of carboxylic acids is 1. The summed E-state index contributed by atoms with van der Waals surface area (Å²) >= 11 is 1.49. The quantitative estimate of drug-likeness (QED) is 0.117. The highest BCUT2D eigenvalue weighted by atomic mass is 32.2. The number of hydrogen-bond acceptors (Lipinski definition) is 6. The summed E-state index contributed by atoms with van der Waals surface area (Å²) in [5.41, 5.74) is 9.07. The van der Waals surface area contributed by atoms with Crippen molar-refractivity contribution in [1.82, 2.24) is 25.9 Å². The van der Waals surface area contributed by atoms with Crippen molar-refractivity contribution in [3.05, 3.63) is 72.1 Å². The van der Waals surface area contributed by atoms with Crippen LogP contribution in [0.15, 0.2) is 60.9 Å². The van der Waals surface area contributed by atoms with Gasteiger partial charge < -0.3 is 36.8 Å². The monoisotopic (exact) mass is 592 g/mol. The van der Waals surface area contributed by atoms with Gasteiger partial charge in [-0.3, -0.25) is 14.4 Å². The standard InChI is InChI=1S/C30H36N6O5S/c1-17(31)27(37)35-25(13-18-15-32-22-9-5-3-7-20(18)22)29(39)34-24(11-12-42-2)28(38)36-26(30(40)41)14-19-16-33-23-10-6-4-8-21(19)23/h3-10,15-17,24-26,32-33H,11-14,31H2,1-2H3,(H,34,39)(H,35,37)(H,36,38)(H,40,41). The molecule has 0 bridgehead atoms. The van der Waals surface area contributed by atoms with Gasteiger partial charge >= 0.3 is 5.97 Å². The molecule has 2 heterocycles. The van der Waals surface area contributed by atoms with Crippen molar-refractivity contribution in [2.75, 3.05) is 12.0 Å². The number of hydrogen-bond donors (Lipinski definition) is 7. The van der Waals surface area contributed by atoms with Crippen LogP contribution in [0.1, 0.15) is 24.5 Å². The molecule has 42 heavy (non-hydrogen) atoms. The molecule has 4 unspecified atom stereocenters. The second-order valence-corrected chi connectivity index (χ2v) is 11.2. The van der Waals surface area contributed by atoms with E-state index in [9.17, 15) is 24.3 Å². The van der Waals surface area contributed by atoms with Crippen molar-refractivity contribution < 1.29 is 24.3 Å². The molecule has 0 saturated heterocycles. The molecular formula is C30H36N6O5S. The van der Waals surface area contributed by atoms with Crippen LogP contribution in [0.25, 0.3) is 21.8 Å². The second kappa shape index (κ2) is 14.1. The Labute approximate surface area is 247 Å². The Hall–Kier alpha value is -4.29. The summed E-state index contributed by atoms with van der Waals surface area (Å²) in [7, 11) is 0. The highest BCUT2D eigenvalue weighted by Gasteiger charge is 2.30. The number of fused-ring (bicyclic) bond motifs is 2. The molecule has 4 rings (SSSR count). The fourth-order valence-electron chi connectivity index (χ4n) is 4.80. The van der Waals surface area contributed by atoms with Gasteiger partial charge in [0.05, 0.1) is 6.04 Å². The number of para-hydroxylation sites is 2. The summed E-state index contributed by atoms with van der Waals surface area (Å²) in [6.45, 7) is 1.52. The van der Waals surface area contributed by atoms with Crippen molar-refractivity contribution in [2.45, 2.75) is 50.4 Å². The van der Waals surface area contributed by atoms with E-state index in [-0.39, 0.29) is 19.3 Å². The molecule has 3 amide bonds. The van der Waals surface area contributed by atoms with E-state index in [2.05, 4.69) is 25.9 Å². The van der Waals surface area contributed by atoms with Crippen LogP contribution < -0.4 is 21.7 Å². The molecule has 11 nitrogen and oxygen atoms in total. The van der Waals surface area contributed by atoms with Gasteiger partial charge in [-0.25, -0.2) is 4.79 Å². The number of H-pyrrole nitrogens is 2. The van der Waals surface area contributed by atoms with Gasteiger partial charge in [0, 0.05) is 47.0 Å². The van der Waals surface area contributed by atoms with Crippen LogP contribution in [0.2, 0.25) is 0 Å². The molecule has 2 aromatic carbocycles. The molecule has 0 saturated carbocycles. The van der Waals surface area contributed by atoms with Gasteiger partial charge in [-0.15, -0.1) is 0 Å². The maximum Gasteiger partial charge on any atom is 0.326 e. The van der Waals surface area contributed by atoms with Crippen LogP contribution in [0.3, 0.4) is 0 Å². The number of carbonyl (C=O) groups excluding carboxylic acids is 3. The van der Waals surface area contributed by atoms with E-state index in [0.717, 1.165) is 32.9 Å². The minimum Gasteiger partial charge on any atom is -0.480 e. The maximum atomic E-state index is 13.6. The zero-order valence-corrected chi connectivity index (χ0v) is 24.3. The summed E-state index contributed by atoms with van der Waals surface area (Å²) in [6, 6.07) is 11.0. The Bertz CT molecular complexity index is 1560. The third-order valence-corrected chi connectivity index (χ3v) is 7.75. The molecule has 0 spiro atoms. The Balaban J connectivity index is 1.52. The number of benzene rings is 2. The number of carboxylic acid groups (broad SMARTS) is 1. The largest absolute Gasteiger partial charge is 0.480 e. The van der Waals surface area contributed by atoms with Gasteiger partial charge in [0.25, 0.3) is 0 Å². The molecule has 4 atom stereocenters. The van der Waals surface area contributed by atoms with Crippen LogP contribution >= 0.6 is 11.8 Å². The van der Waals surface area contributed by atoms with Crippen molar-refractivity contribution in [1.29, 1.82) is 0 Å². The van der Waals surface area contributed by atoms with Gasteiger partial charge in [-0.05, 0) is 48.6 Å². The van der Waals surface area contributed by atoms with Crippen molar-refractivity contribution in [3.8, 4) is 0 Å². The molecule has 2 aromatic heterocycles. The number of amides is 3. The number of aromatic amines is 2. The number of carbonyl (C=O) groups is 4. The Morgan fingerprint density at radius 1 is 0.786 bits per heavy atom. The number of thioether (sulfide) groups is 1. The van der Waals surface area contributed by atoms with E-state index in [1.807, 2.05) is 54.8 Å². The summed E-state index contributed by atoms with van der Waals surface area (Å²) in [6.07, 6.45) is 5.86. The molecule has 0 fully saturated rings. The Kier molecular flexibility index (Phi) is 10.3. The van der Waals surface area contributed by atoms with E-state index >= 15 is 0 Å². The second-order valence-electron chi connectivity index (χ2n) is 10.2. The molecule has 4 aromatic rings. The van der Waals surface area contributed by atoms with Crippen LogP contribution in [0, 0.1) is 0 Å². The number of nitrogens with one attached hydrogen (secondary N) is 5. The molecule has 222 valence electrons. The molecule has 8 N–H and O–H groups in total. The Morgan fingerprint density at radius 3 is 1.79 bits per heavy atom. The third kappa shape index (κ3) is 7.51. The minimum absolute atomic E-state index is 0.0575. The fraction of sp³-hybridized carbons (Fsp3) is 0.333. The molecule has 0 aliphatic carbocycles. The number of nitrogens with two attached hydrogens (primary N) is 1. The van der Waals surface area contributed by atoms with E-state index in [1.165, 1.54) is 18.7 Å². The summed E-state index contributed by atoms with van der Waals surface area (Å²) in [5.74, 6) is -2.35. The van der Waals surface area contributed by atoms with Gasteiger partial charge in [-0.2, -0.15) is 11.8 Å². The predicted octanol–water partition coefficient (Wildman–Crippen LogP) is 2.07. The zero-order chi connectivity index (χ0) is 30.2. The highest BCUT2D eigenvalue weighted by molar-refractivity contribution is 7.98. The lowest BCUT2D eigenvalue weighted by molar-refractivity contribution is -0.142. The normalized spacial score (nSPS) is 14.2. The summed E-state index contributed by atoms with van der Waals surface area (Å²) < 4.78 is 0. The van der Waals surface area contributed by atoms with Crippen LogP contribution in [0.5, 0.6) is 0 Å². The van der Waals surface area contributed by atoms with Crippen LogP contribution in [0.4, 0.5) is 0 Å². The van der Waals surface area contributed by atoms with Crippen molar-refractivity contribution in [3.63, 3.8) is 0 Å². The fourth-order valence-corrected chi connectivity index (χ4v) is 5.27. The summed E-state index contributed by atoms with van der Waals surface area (Å²) in [4.78, 5) is 58.0. The van der Waals surface area contributed by atoms with E-state index in [1.54, 1.807) is 12.4 Å². The lowest BCUT2D eigenvalue weighted by Gasteiger charge is -2.25. The lowest BCUT2D eigenvalue weighted by atomic mass is 10.0. The maximum absolute atomic E-state index is 13.6. The predicted molar refractivity (Wildman–Crippen MR) is 164 cm³/mol. The van der Waals surface area contributed by atoms with E-state index in [0.29, 0.717) is 5.75 Å². The lowest BCUT2D eigenvalue weighted by Crippen LogP contribution is -2.57. The molecule has 0 aliphatic heterocycles. The van der Waals surface area contributed by atoms with Gasteiger partial charge in [0.15, 0.2) is 0 Å². The number of rotatable bonds is 14. The number of aliphatic carboxylic acids is 1. The smallest absolute Gasteiger partial charge is 0.326 e. The molecule has 12 heteroatoms. The first-order chi connectivity index (χ1) is 20.2. The van der Waals surface area contributed by atoms with Gasteiger partial charge in [-0.1, -0.05) is 36.4 Å². The minimum atomic E-state index is -1.22. The first kappa shape index (κ1) is 30.7. The highest BCUT2D eigenvalue weighted by Crippen LogP contribution is 2.21. The average molecular weight is 593 g/mol. The third-order valence-electron chi connectivity index (χ3n) is 7.10. The zero-order valence-electron chi connectivity index (χ0n) is 23.5. The van der Waals surface area contributed by atoms with Gasteiger partial charge in [0.2, 0.25) is 17.7 Å². The van der Waals surface area contributed by atoms with E-state index < -0.39 is 47.9 Å². The van der Waals surface area contributed by atoms with E-state index in [4.69, 9.17) is 5.73 Å².